The third kappa shape index (κ3) is 5.50. The molecule has 3 N–H and O–H groups in total. The van der Waals surface area contributed by atoms with Gasteiger partial charge < -0.3 is 15.4 Å². The Labute approximate surface area is 157 Å². The van der Waals surface area contributed by atoms with Gasteiger partial charge in [0.15, 0.2) is 0 Å². The summed E-state index contributed by atoms with van der Waals surface area (Å²) in [6, 6.07) is 7.45. The van der Waals surface area contributed by atoms with Crippen LogP contribution in [0.3, 0.4) is 0 Å². The SMILES string of the molecule is CNS(=O)(=O)c1cc(C(=O)NCCC(=O)Nc2cccnc2)ccc1OC. The minimum atomic E-state index is -3.79. The lowest BCUT2D eigenvalue weighted by Gasteiger charge is -2.11. The number of anilines is 1. The van der Waals surface area contributed by atoms with Gasteiger partial charge in [0.25, 0.3) is 5.91 Å². The first-order valence-electron chi connectivity index (χ1n) is 7.97. The Hall–Kier alpha value is -2.98. The largest absolute Gasteiger partial charge is 0.495 e. The molecule has 0 radical (unpaired) electrons. The molecule has 2 amide bonds. The van der Waals surface area contributed by atoms with Crippen molar-refractivity contribution in [2.45, 2.75) is 11.3 Å². The zero-order chi connectivity index (χ0) is 19.9. The molecule has 2 rings (SSSR count). The van der Waals surface area contributed by atoms with Crippen LogP contribution in [0.5, 0.6) is 5.75 Å². The van der Waals surface area contributed by atoms with Gasteiger partial charge in [0.05, 0.1) is 19.0 Å². The number of carbonyl (C=O) groups excluding carboxylic acids is 2. The number of hydrogen-bond donors (Lipinski definition) is 3. The summed E-state index contributed by atoms with van der Waals surface area (Å²) in [7, 11) is -1.19. The summed E-state index contributed by atoms with van der Waals surface area (Å²) in [4.78, 5) is 27.8. The lowest BCUT2D eigenvalue weighted by molar-refractivity contribution is -0.116. The van der Waals surface area contributed by atoms with E-state index in [-0.39, 0.29) is 35.1 Å². The van der Waals surface area contributed by atoms with Crippen molar-refractivity contribution in [3.8, 4) is 5.75 Å². The highest BCUT2D eigenvalue weighted by molar-refractivity contribution is 7.89. The number of hydrogen-bond acceptors (Lipinski definition) is 6. The van der Waals surface area contributed by atoms with Gasteiger partial charge >= 0.3 is 0 Å². The van der Waals surface area contributed by atoms with Crippen molar-refractivity contribution in [3.05, 3.63) is 48.3 Å². The van der Waals surface area contributed by atoms with Crippen molar-refractivity contribution >= 4 is 27.5 Å². The van der Waals surface area contributed by atoms with Crippen LogP contribution in [-0.2, 0) is 14.8 Å². The van der Waals surface area contributed by atoms with E-state index in [2.05, 4.69) is 20.3 Å². The van der Waals surface area contributed by atoms with E-state index in [0.717, 1.165) is 0 Å². The molecule has 144 valence electrons. The quantitative estimate of drug-likeness (QED) is 0.609. The number of amides is 2. The molecule has 1 heterocycles. The molecule has 1 aromatic carbocycles. The van der Waals surface area contributed by atoms with Crippen LogP contribution in [0.25, 0.3) is 0 Å². The lowest BCUT2D eigenvalue weighted by Crippen LogP contribution is -2.28. The first kappa shape index (κ1) is 20.3. The summed E-state index contributed by atoms with van der Waals surface area (Å²) in [6.45, 7) is 0.0884. The molecule has 0 atom stereocenters. The van der Waals surface area contributed by atoms with E-state index in [4.69, 9.17) is 4.74 Å². The predicted molar refractivity (Wildman–Crippen MR) is 99.1 cm³/mol. The predicted octanol–water partition coefficient (Wildman–Crippen LogP) is 0.757. The van der Waals surface area contributed by atoms with Gasteiger partial charge in [0, 0.05) is 24.7 Å². The Morgan fingerprint density at radius 3 is 2.63 bits per heavy atom. The second-order valence-corrected chi connectivity index (χ2v) is 7.22. The van der Waals surface area contributed by atoms with Crippen LogP contribution in [0.1, 0.15) is 16.8 Å². The maximum atomic E-state index is 12.2. The molecular formula is C17H20N4O5S. The second-order valence-electron chi connectivity index (χ2n) is 5.37. The average molecular weight is 392 g/mol. The van der Waals surface area contributed by atoms with Gasteiger partial charge in [-0.1, -0.05) is 0 Å². The Morgan fingerprint density at radius 1 is 1.22 bits per heavy atom. The summed E-state index contributed by atoms with van der Waals surface area (Å²) < 4.78 is 31.3. The molecule has 10 heteroatoms. The molecule has 0 aliphatic carbocycles. The number of carbonyl (C=O) groups is 2. The van der Waals surface area contributed by atoms with Crippen molar-refractivity contribution in [3.63, 3.8) is 0 Å². The minimum absolute atomic E-state index is 0.0540. The van der Waals surface area contributed by atoms with E-state index in [1.54, 1.807) is 18.3 Å². The van der Waals surface area contributed by atoms with E-state index in [1.165, 1.54) is 38.6 Å². The third-order valence-electron chi connectivity index (χ3n) is 3.57. The number of methoxy groups -OCH3 is 1. The number of pyridine rings is 1. The number of nitrogens with zero attached hydrogens (tertiary/aromatic N) is 1. The first-order chi connectivity index (χ1) is 12.9. The Balaban J connectivity index is 1.98. The van der Waals surface area contributed by atoms with Crippen LogP contribution in [0.2, 0.25) is 0 Å². The van der Waals surface area contributed by atoms with Crippen LogP contribution in [0, 0.1) is 0 Å². The van der Waals surface area contributed by atoms with Gasteiger partial charge in [-0.3, -0.25) is 14.6 Å². The minimum Gasteiger partial charge on any atom is -0.495 e. The fraction of sp³-hybridized carbons (Fsp3) is 0.235. The van der Waals surface area contributed by atoms with Crippen molar-refractivity contribution in [2.75, 3.05) is 26.0 Å². The highest BCUT2D eigenvalue weighted by Crippen LogP contribution is 2.24. The monoisotopic (exact) mass is 392 g/mol. The molecule has 1 aromatic heterocycles. The summed E-state index contributed by atoms with van der Waals surface area (Å²) in [5, 5.41) is 5.23. The van der Waals surface area contributed by atoms with Crippen molar-refractivity contribution < 1.29 is 22.7 Å². The highest BCUT2D eigenvalue weighted by Gasteiger charge is 2.20. The molecule has 0 saturated heterocycles. The highest BCUT2D eigenvalue weighted by atomic mass is 32.2. The Bertz CT molecular complexity index is 916. The van der Waals surface area contributed by atoms with Crippen LogP contribution >= 0.6 is 0 Å². The topological polar surface area (TPSA) is 126 Å². The van der Waals surface area contributed by atoms with E-state index in [0.29, 0.717) is 5.69 Å². The number of sulfonamides is 1. The number of ether oxygens (including phenoxy) is 1. The molecule has 0 aliphatic rings. The molecular weight excluding hydrogens is 372 g/mol. The van der Waals surface area contributed by atoms with Gasteiger partial charge in [-0.05, 0) is 37.4 Å². The summed E-state index contributed by atoms with van der Waals surface area (Å²) in [5.41, 5.74) is 0.697. The molecule has 0 fully saturated rings. The number of rotatable bonds is 8. The summed E-state index contributed by atoms with van der Waals surface area (Å²) in [5.74, 6) is -0.660. The van der Waals surface area contributed by atoms with Crippen LogP contribution in [0.4, 0.5) is 5.69 Å². The van der Waals surface area contributed by atoms with E-state index in [9.17, 15) is 18.0 Å². The zero-order valence-electron chi connectivity index (χ0n) is 14.9. The van der Waals surface area contributed by atoms with Crippen LogP contribution < -0.4 is 20.1 Å². The smallest absolute Gasteiger partial charge is 0.251 e. The molecule has 0 unspecified atom stereocenters. The number of benzene rings is 1. The van der Waals surface area contributed by atoms with Crippen molar-refractivity contribution in [1.82, 2.24) is 15.0 Å². The zero-order valence-corrected chi connectivity index (χ0v) is 15.7. The average Bonchev–Trinajstić information content (AvgIpc) is 2.68. The maximum Gasteiger partial charge on any atom is 0.251 e. The third-order valence-corrected chi connectivity index (χ3v) is 5.00. The van der Waals surface area contributed by atoms with Gasteiger partial charge in [-0.15, -0.1) is 0 Å². The first-order valence-corrected chi connectivity index (χ1v) is 9.45. The molecule has 0 aliphatic heterocycles. The van der Waals surface area contributed by atoms with Gasteiger partial charge in [0.2, 0.25) is 15.9 Å². The van der Waals surface area contributed by atoms with E-state index < -0.39 is 15.9 Å². The van der Waals surface area contributed by atoms with E-state index in [1.807, 2.05) is 0 Å². The van der Waals surface area contributed by atoms with Gasteiger partial charge in [-0.2, -0.15) is 0 Å². The van der Waals surface area contributed by atoms with Gasteiger partial charge in [-0.25, -0.2) is 13.1 Å². The number of nitrogens with one attached hydrogen (secondary N) is 3. The van der Waals surface area contributed by atoms with Crippen LogP contribution in [-0.4, -0.2) is 45.9 Å². The second kappa shape index (κ2) is 9.10. The van der Waals surface area contributed by atoms with Gasteiger partial charge in [0.1, 0.15) is 10.6 Å². The molecule has 0 spiro atoms. The molecule has 0 bridgehead atoms. The van der Waals surface area contributed by atoms with Crippen molar-refractivity contribution in [1.29, 1.82) is 0 Å². The summed E-state index contributed by atoms with van der Waals surface area (Å²) in [6.07, 6.45) is 3.16. The molecule has 9 nitrogen and oxygen atoms in total. The summed E-state index contributed by atoms with van der Waals surface area (Å²) >= 11 is 0. The van der Waals surface area contributed by atoms with E-state index >= 15 is 0 Å². The molecule has 2 aromatic rings. The maximum absolute atomic E-state index is 12.2. The lowest BCUT2D eigenvalue weighted by atomic mass is 10.2. The fourth-order valence-corrected chi connectivity index (χ4v) is 3.11. The van der Waals surface area contributed by atoms with Crippen LogP contribution in [0.15, 0.2) is 47.6 Å². The fourth-order valence-electron chi connectivity index (χ4n) is 2.19. The molecule has 0 saturated carbocycles. The van der Waals surface area contributed by atoms with Crippen molar-refractivity contribution in [2.24, 2.45) is 0 Å². The standard InChI is InChI=1S/C17H20N4O5S/c1-18-27(24,25)15-10-12(5-6-14(15)26-2)17(23)20-9-7-16(22)21-13-4-3-8-19-11-13/h3-6,8,10-11,18H,7,9H2,1-2H3,(H,20,23)(H,21,22). The molecule has 27 heavy (non-hydrogen) atoms. The Kier molecular flexibility index (Phi) is 6.85. The number of aromatic nitrogens is 1. The Morgan fingerprint density at radius 2 is 2.00 bits per heavy atom. The normalized spacial score (nSPS) is 10.9.